The van der Waals surface area contributed by atoms with Gasteiger partial charge >= 0.3 is 18.3 Å². The summed E-state index contributed by atoms with van der Waals surface area (Å²) in [6.45, 7) is 0. The highest BCUT2D eigenvalue weighted by Crippen LogP contribution is 2.38. The standard InChI is InChI=1S/C21H14BrF3N4O4/c1-26-20(30)33-17-11-14(9-10-27-17)31-13-7-5-12(6-8-13)29(22)19-28-18-15(21(23,24)25)3-2-4-16(18)32-19/h2-11H,1H3,(H,26,30). The second-order valence-corrected chi connectivity index (χ2v) is 7.20. The Bertz CT molecular complexity index is 1290. The van der Waals surface area contributed by atoms with Crippen LogP contribution in [0.3, 0.4) is 0 Å². The first-order chi connectivity index (χ1) is 15.7. The number of pyridine rings is 1. The number of carbonyl (C=O) groups is 1. The van der Waals surface area contributed by atoms with Gasteiger partial charge in [0.15, 0.2) is 5.58 Å². The van der Waals surface area contributed by atoms with E-state index in [1.54, 1.807) is 30.3 Å². The summed E-state index contributed by atoms with van der Waals surface area (Å²) in [5.74, 6) is 0.893. The van der Waals surface area contributed by atoms with E-state index in [9.17, 15) is 18.0 Å². The zero-order valence-corrected chi connectivity index (χ0v) is 18.3. The molecule has 0 spiro atoms. The molecule has 0 saturated carbocycles. The van der Waals surface area contributed by atoms with Crippen LogP contribution in [0.1, 0.15) is 5.56 Å². The van der Waals surface area contributed by atoms with E-state index < -0.39 is 17.8 Å². The number of anilines is 2. The summed E-state index contributed by atoms with van der Waals surface area (Å²) in [5, 5.41) is 2.31. The first kappa shape index (κ1) is 22.4. The molecule has 0 aliphatic rings. The second-order valence-electron chi connectivity index (χ2n) is 6.49. The van der Waals surface area contributed by atoms with Crippen LogP contribution < -0.4 is 18.7 Å². The number of aromatic nitrogens is 2. The van der Waals surface area contributed by atoms with Crippen molar-refractivity contribution < 1.29 is 31.9 Å². The first-order valence-corrected chi connectivity index (χ1v) is 10.0. The average Bonchev–Trinajstić information content (AvgIpc) is 3.23. The number of oxazole rings is 1. The van der Waals surface area contributed by atoms with Crippen molar-refractivity contribution in [2.75, 3.05) is 11.0 Å². The van der Waals surface area contributed by atoms with Gasteiger partial charge in [0.25, 0.3) is 0 Å². The van der Waals surface area contributed by atoms with E-state index in [-0.39, 0.29) is 23.0 Å². The molecule has 1 amide bonds. The van der Waals surface area contributed by atoms with Crippen LogP contribution in [-0.2, 0) is 6.18 Å². The molecule has 170 valence electrons. The maximum atomic E-state index is 13.2. The van der Waals surface area contributed by atoms with Crippen molar-refractivity contribution in [2.45, 2.75) is 6.18 Å². The predicted octanol–water partition coefficient (Wildman–Crippen LogP) is 6.20. The Hall–Kier alpha value is -3.80. The normalized spacial score (nSPS) is 11.3. The molecule has 12 heteroatoms. The van der Waals surface area contributed by atoms with E-state index in [4.69, 9.17) is 13.9 Å². The molecule has 2 aromatic carbocycles. The third-order valence-electron chi connectivity index (χ3n) is 4.29. The first-order valence-electron chi connectivity index (χ1n) is 9.31. The number of nitrogens with zero attached hydrogens (tertiary/aromatic N) is 3. The molecule has 0 aliphatic heterocycles. The van der Waals surface area contributed by atoms with Gasteiger partial charge in [-0.3, -0.25) is 0 Å². The lowest BCUT2D eigenvalue weighted by Crippen LogP contribution is -2.22. The molecule has 0 radical (unpaired) electrons. The monoisotopic (exact) mass is 522 g/mol. The summed E-state index contributed by atoms with van der Waals surface area (Å²) in [6.07, 6.45) is -3.80. The van der Waals surface area contributed by atoms with E-state index in [1.165, 1.54) is 35.4 Å². The highest BCUT2D eigenvalue weighted by Gasteiger charge is 2.34. The summed E-state index contributed by atoms with van der Waals surface area (Å²) in [5.41, 5.74) is -0.619. The van der Waals surface area contributed by atoms with Crippen molar-refractivity contribution in [3.63, 3.8) is 0 Å². The molecule has 0 saturated heterocycles. The molecule has 0 atom stereocenters. The van der Waals surface area contributed by atoms with Crippen molar-refractivity contribution in [1.82, 2.24) is 15.3 Å². The molecule has 2 heterocycles. The maximum absolute atomic E-state index is 13.2. The van der Waals surface area contributed by atoms with Gasteiger partial charge in [0.2, 0.25) is 5.88 Å². The van der Waals surface area contributed by atoms with Gasteiger partial charge in [0, 0.05) is 19.3 Å². The lowest BCUT2D eigenvalue weighted by Gasteiger charge is -2.12. The van der Waals surface area contributed by atoms with E-state index >= 15 is 0 Å². The van der Waals surface area contributed by atoms with Gasteiger partial charge in [-0.15, -0.1) is 0 Å². The fourth-order valence-electron chi connectivity index (χ4n) is 2.80. The van der Waals surface area contributed by atoms with E-state index in [0.29, 0.717) is 17.2 Å². The number of carbonyl (C=O) groups excluding carboxylic acids is 1. The fraction of sp³-hybridized carbons (Fsp3) is 0.0952. The number of alkyl halides is 3. The van der Waals surface area contributed by atoms with E-state index in [1.807, 2.05) is 0 Å². The Morgan fingerprint density at radius 1 is 1.12 bits per heavy atom. The summed E-state index contributed by atoms with van der Waals surface area (Å²) >= 11 is 3.27. The van der Waals surface area contributed by atoms with Gasteiger partial charge in [-0.05, 0) is 42.5 Å². The number of para-hydroxylation sites is 1. The van der Waals surface area contributed by atoms with Crippen molar-refractivity contribution in [3.8, 4) is 17.4 Å². The molecule has 4 rings (SSSR count). The van der Waals surface area contributed by atoms with Gasteiger partial charge in [-0.1, -0.05) is 6.07 Å². The highest BCUT2D eigenvalue weighted by atomic mass is 79.9. The van der Waals surface area contributed by atoms with Crippen LogP contribution in [0.4, 0.5) is 29.7 Å². The minimum absolute atomic E-state index is 0.0108. The number of hydrogen-bond donors (Lipinski definition) is 1. The second kappa shape index (κ2) is 8.98. The fourth-order valence-corrected chi connectivity index (χ4v) is 3.19. The smallest absolute Gasteiger partial charge is 0.418 e. The van der Waals surface area contributed by atoms with Gasteiger partial charge < -0.3 is 19.2 Å². The van der Waals surface area contributed by atoms with Crippen LogP contribution in [0, 0.1) is 0 Å². The number of nitrogens with one attached hydrogen (secondary N) is 1. The summed E-state index contributed by atoms with van der Waals surface area (Å²) < 4.78 is 57.2. The van der Waals surface area contributed by atoms with Crippen molar-refractivity contribution in [1.29, 1.82) is 0 Å². The third kappa shape index (κ3) is 5.00. The zero-order chi connectivity index (χ0) is 23.6. The lowest BCUT2D eigenvalue weighted by atomic mass is 10.2. The van der Waals surface area contributed by atoms with Crippen molar-refractivity contribution in [3.05, 3.63) is 66.4 Å². The number of rotatable bonds is 5. The Balaban J connectivity index is 1.52. The molecule has 0 bridgehead atoms. The van der Waals surface area contributed by atoms with E-state index in [2.05, 4.69) is 31.4 Å². The number of hydrogen-bond acceptors (Lipinski definition) is 7. The molecular formula is C21H14BrF3N4O4. The van der Waals surface area contributed by atoms with Gasteiger partial charge in [-0.25, -0.2) is 13.7 Å². The molecule has 4 aromatic rings. The SMILES string of the molecule is CNC(=O)Oc1cc(Oc2ccc(N(Br)c3nc4c(C(F)(F)F)cccc4o3)cc2)ccn1. The van der Waals surface area contributed by atoms with Crippen LogP contribution in [0.2, 0.25) is 0 Å². The van der Waals surface area contributed by atoms with Crippen LogP contribution in [0.15, 0.2) is 65.2 Å². The minimum Gasteiger partial charge on any atom is -0.457 e. The van der Waals surface area contributed by atoms with Crippen molar-refractivity contribution in [2.24, 2.45) is 0 Å². The van der Waals surface area contributed by atoms with Crippen LogP contribution in [0.5, 0.6) is 17.4 Å². The summed E-state index contributed by atoms with van der Waals surface area (Å²) in [6, 6.07) is 13.1. The van der Waals surface area contributed by atoms with Gasteiger partial charge in [0.1, 0.15) is 17.0 Å². The van der Waals surface area contributed by atoms with Crippen molar-refractivity contribution >= 4 is 45.0 Å². The Kier molecular flexibility index (Phi) is 6.09. The Morgan fingerprint density at radius 2 is 1.88 bits per heavy atom. The molecule has 8 nitrogen and oxygen atoms in total. The van der Waals surface area contributed by atoms with E-state index in [0.717, 1.165) is 6.07 Å². The quantitative estimate of drug-likeness (QED) is 0.312. The van der Waals surface area contributed by atoms with Crippen LogP contribution >= 0.6 is 16.1 Å². The highest BCUT2D eigenvalue weighted by molar-refractivity contribution is 9.10. The van der Waals surface area contributed by atoms with Gasteiger partial charge in [-0.2, -0.15) is 18.2 Å². The molecule has 33 heavy (non-hydrogen) atoms. The summed E-state index contributed by atoms with van der Waals surface area (Å²) in [4.78, 5) is 19.2. The van der Waals surface area contributed by atoms with Crippen LogP contribution in [0.25, 0.3) is 11.1 Å². The van der Waals surface area contributed by atoms with Gasteiger partial charge in [0.05, 0.1) is 27.4 Å². The number of halogens is 4. The third-order valence-corrected chi connectivity index (χ3v) is 5.00. The number of ether oxygens (including phenoxy) is 2. The molecule has 0 fully saturated rings. The Labute approximate surface area is 193 Å². The molecule has 0 unspecified atom stereocenters. The summed E-state index contributed by atoms with van der Waals surface area (Å²) in [7, 11) is 1.42. The molecule has 1 N–H and O–H groups in total. The number of amides is 1. The molecule has 2 aromatic heterocycles. The molecular weight excluding hydrogens is 509 g/mol. The predicted molar refractivity (Wildman–Crippen MR) is 116 cm³/mol. The van der Waals surface area contributed by atoms with Crippen LogP contribution in [-0.4, -0.2) is 23.1 Å². The number of benzene rings is 2. The average molecular weight is 523 g/mol. The minimum atomic E-state index is -4.55. The zero-order valence-electron chi connectivity index (χ0n) is 16.8. The Morgan fingerprint density at radius 3 is 2.58 bits per heavy atom. The largest absolute Gasteiger partial charge is 0.457 e. The number of fused-ring (bicyclic) bond motifs is 1. The molecule has 0 aliphatic carbocycles. The maximum Gasteiger partial charge on any atom is 0.418 e. The topological polar surface area (TPSA) is 89.7 Å². The lowest BCUT2D eigenvalue weighted by molar-refractivity contribution is -0.136.